The summed E-state index contributed by atoms with van der Waals surface area (Å²) in [5.74, 6) is -0.153. The minimum absolute atomic E-state index is 0.153. The summed E-state index contributed by atoms with van der Waals surface area (Å²) < 4.78 is 5.45. The van der Waals surface area contributed by atoms with E-state index in [0.29, 0.717) is 11.3 Å². The molecule has 1 amide bonds. The second-order valence-electron chi connectivity index (χ2n) is 4.63. The number of aromatic nitrogens is 1. The molecule has 0 spiro atoms. The zero-order valence-corrected chi connectivity index (χ0v) is 10.8. The molecule has 98 valence electrons. The fourth-order valence-corrected chi connectivity index (χ4v) is 2.09. The zero-order chi connectivity index (χ0) is 13.1. The first-order chi connectivity index (χ1) is 8.60. The van der Waals surface area contributed by atoms with Crippen molar-refractivity contribution in [1.82, 2.24) is 10.3 Å². The number of amides is 1. The Morgan fingerprint density at radius 2 is 2.33 bits per heavy atom. The van der Waals surface area contributed by atoms with E-state index in [4.69, 9.17) is 10.5 Å². The molecule has 18 heavy (non-hydrogen) atoms. The summed E-state index contributed by atoms with van der Waals surface area (Å²) in [7, 11) is 0. The second kappa shape index (κ2) is 5.35. The fraction of sp³-hybridized carbons (Fsp3) is 0.538. The first-order valence-corrected chi connectivity index (χ1v) is 6.24. The summed E-state index contributed by atoms with van der Waals surface area (Å²) in [5, 5.41) is 2.94. The number of aryl methyl sites for hydroxylation is 1. The molecule has 5 heteroatoms. The molecule has 1 saturated carbocycles. The molecule has 0 saturated heterocycles. The van der Waals surface area contributed by atoms with Crippen molar-refractivity contribution in [1.29, 1.82) is 0 Å². The van der Waals surface area contributed by atoms with E-state index in [1.54, 1.807) is 6.07 Å². The predicted octanol–water partition coefficient (Wildman–Crippen LogP) is 1.27. The number of nitrogens with one attached hydrogen (secondary N) is 1. The largest absolute Gasteiger partial charge is 0.398 e. The Morgan fingerprint density at radius 3 is 2.94 bits per heavy atom. The molecule has 0 bridgehead atoms. The third-order valence-corrected chi connectivity index (χ3v) is 3.15. The summed E-state index contributed by atoms with van der Waals surface area (Å²) in [5.41, 5.74) is 7.53. The number of hydrogen-bond donors (Lipinski definition) is 2. The molecular formula is C13H19N3O2. The van der Waals surface area contributed by atoms with Gasteiger partial charge in [0.2, 0.25) is 0 Å². The van der Waals surface area contributed by atoms with Gasteiger partial charge in [0, 0.05) is 30.2 Å². The maximum atomic E-state index is 12.0. The highest BCUT2D eigenvalue weighted by atomic mass is 16.5. The number of nitrogens with zero attached hydrogens (tertiary/aromatic N) is 1. The van der Waals surface area contributed by atoms with Crippen LogP contribution in [0.5, 0.6) is 0 Å². The van der Waals surface area contributed by atoms with Crippen molar-refractivity contribution in [2.24, 2.45) is 0 Å². The van der Waals surface area contributed by atoms with Crippen molar-refractivity contribution >= 4 is 11.6 Å². The molecular weight excluding hydrogens is 230 g/mol. The highest BCUT2D eigenvalue weighted by Gasteiger charge is 2.31. The SMILES string of the molecule is CCOC1CC(NC(=O)c2cnc(C)cc2N)C1. The Morgan fingerprint density at radius 1 is 1.61 bits per heavy atom. The highest BCUT2D eigenvalue weighted by molar-refractivity contribution is 5.99. The van der Waals surface area contributed by atoms with E-state index in [9.17, 15) is 4.79 Å². The summed E-state index contributed by atoms with van der Waals surface area (Å²) in [4.78, 5) is 16.1. The van der Waals surface area contributed by atoms with Crippen molar-refractivity contribution < 1.29 is 9.53 Å². The Kier molecular flexibility index (Phi) is 3.81. The Balaban J connectivity index is 1.89. The van der Waals surface area contributed by atoms with Crippen LogP contribution in [0.1, 0.15) is 35.8 Å². The first kappa shape index (κ1) is 12.8. The van der Waals surface area contributed by atoms with Gasteiger partial charge in [-0.25, -0.2) is 0 Å². The van der Waals surface area contributed by atoms with Gasteiger partial charge in [0.05, 0.1) is 11.7 Å². The molecule has 0 aromatic carbocycles. The minimum atomic E-state index is -0.153. The van der Waals surface area contributed by atoms with Crippen molar-refractivity contribution in [3.63, 3.8) is 0 Å². The molecule has 2 rings (SSSR count). The van der Waals surface area contributed by atoms with Gasteiger partial charge in [0.25, 0.3) is 5.91 Å². The van der Waals surface area contributed by atoms with Gasteiger partial charge < -0.3 is 15.8 Å². The molecule has 1 aliphatic carbocycles. The van der Waals surface area contributed by atoms with Crippen LogP contribution in [0.4, 0.5) is 5.69 Å². The van der Waals surface area contributed by atoms with Crippen LogP contribution in [-0.2, 0) is 4.74 Å². The average Bonchev–Trinajstić information content (AvgIpc) is 2.26. The van der Waals surface area contributed by atoms with Crippen LogP contribution in [0.25, 0.3) is 0 Å². The summed E-state index contributed by atoms with van der Waals surface area (Å²) >= 11 is 0. The van der Waals surface area contributed by atoms with E-state index in [0.717, 1.165) is 25.1 Å². The fourth-order valence-electron chi connectivity index (χ4n) is 2.09. The van der Waals surface area contributed by atoms with Gasteiger partial charge in [0.15, 0.2) is 0 Å². The highest BCUT2D eigenvalue weighted by Crippen LogP contribution is 2.24. The third kappa shape index (κ3) is 2.79. The van der Waals surface area contributed by atoms with Gasteiger partial charge in [-0.05, 0) is 32.8 Å². The normalized spacial score (nSPS) is 22.3. The number of pyridine rings is 1. The molecule has 1 aromatic rings. The summed E-state index contributed by atoms with van der Waals surface area (Å²) in [6, 6.07) is 1.90. The van der Waals surface area contributed by atoms with E-state index >= 15 is 0 Å². The van der Waals surface area contributed by atoms with Gasteiger partial charge in [0.1, 0.15) is 0 Å². The van der Waals surface area contributed by atoms with Crippen LogP contribution in [0.15, 0.2) is 12.3 Å². The summed E-state index contributed by atoms with van der Waals surface area (Å²) in [6.07, 6.45) is 3.56. The Bertz CT molecular complexity index is 442. The molecule has 0 radical (unpaired) electrons. The number of rotatable bonds is 4. The first-order valence-electron chi connectivity index (χ1n) is 6.24. The lowest BCUT2D eigenvalue weighted by Gasteiger charge is -2.35. The topological polar surface area (TPSA) is 77.2 Å². The van der Waals surface area contributed by atoms with Crippen LogP contribution in [0.2, 0.25) is 0 Å². The number of carbonyl (C=O) groups is 1. The lowest BCUT2D eigenvalue weighted by atomic mass is 9.89. The average molecular weight is 249 g/mol. The standard InChI is InChI=1S/C13H19N3O2/c1-3-18-10-5-9(6-10)16-13(17)11-7-15-8(2)4-12(11)14/h4,7,9-10H,3,5-6H2,1-2H3,(H2,14,15)(H,16,17). The van der Waals surface area contributed by atoms with Gasteiger partial charge in [-0.1, -0.05) is 0 Å². The maximum absolute atomic E-state index is 12.0. The van der Waals surface area contributed by atoms with E-state index in [1.165, 1.54) is 6.20 Å². The number of anilines is 1. The van der Waals surface area contributed by atoms with Crippen molar-refractivity contribution in [3.8, 4) is 0 Å². The van der Waals surface area contributed by atoms with Crippen LogP contribution in [0.3, 0.4) is 0 Å². The Labute approximate surface area is 107 Å². The minimum Gasteiger partial charge on any atom is -0.398 e. The van der Waals surface area contributed by atoms with Crippen molar-refractivity contribution in [2.45, 2.75) is 38.8 Å². The van der Waals surface area contributed by atoms with Crippen LogP contribution in [-0.4, -0.2) is 29.6 Å². The number of nitrogen functional groups attached to an aromatic ring is 1. The molecule has 1 fully saturated rings. The zero-order valence-electron chi connectivity index (χ0n) is 10.8. The number of carbonyl (C=O) groups excluding carboxylic acids is 1. The van der Waals surface area contributed by atoms with Gasteiger partial charge in [-0.15, -0.1) is 0 Å². The molecule has 0 atom stereocenters. The van der Waals surface area contributed by atoms with Gasteiger partial charge in [-0.3, -0.25) is 9.78 Å². The lowest BCUT2D eigenvalue weighted by molar-refractivity contribution is -0.00861. The van der Waals surface area contributed by atoms with Crippen LogP contribution >= 0.6 is 0 Å². The molecule has 1 aromatic heterocycles. The smallest absolute Gasteiger partial charge is 0.255 e. The van der Waals surface area contributed by atoms with E-state index < -0.39 is 0 Å². The van der Waals surface area contributed by atoms with Crippen molar-refractivity contribution in [2.75, 3.05) is 12.3 Å². The Hall–Kier alpha value is -1.62. The van der Waals surface area contributed by atoms with Crippen LogP contribution in [0, 0.1) is 6.92 Å². The molecule has 0 aliphatic heterocycles. The van der Waals surface area contributed by atoms with Crippen LogP contribution < -0.4 is 11.1 Å². The van der Waals surface area contributed by atoms with E-state index in [1.807, 2.05) is 13.8 Å². The van der Waals surface area contributed by atoms with Crippen molar-refractivity contribution in [3.05, 3.63) is 23.5 Å². The molecule has 5 nitrogen and oxygen atoms in total. The molecule has 0 unspecified atom stereocenters. The van der Waals surface area contributed by atoms with Gasteiger partial charge >= 0.3 is 0 Å². The second-order valence-corrected chi connectivity index (χ2v) is 4.63. The monoisotopic (exact) mass is 249 g/mol. The van der Waals surface area contributed by atoms with Gasteiger partial charge in [-0.2, -0.15) is 0 Å². The lowest BCUT2D eigenvalue weighted by Crippen LogP contribution is -2.47. The quantitative estimate of drug-likeness (QED) is 0.842. The van der Waals surface area contributed by atoms with E-state index in [2.05, 4.69) is 10.3 Å². The predicted molar refractivity (Wildman–Crippen MR) is 69.3 cm³/mol. The summed E-state index contributed by atoms with van der Waals surface area (Å²) in [6.45, 7) is 4.54. The number of ether oxygens (including phenoxy) is 1. The third-order valence-electron chi connectivity index (χ3n) is 3.15. The molecule has 1 heterocycles. The number of hydrogen-bond acceptors (Lipinski definition) is 4. The van der Waals surface area contributed by atoms with E-state index in [-0.39, 0.29) is 18.1 Å². The molecule has 1 aliphatic rings. The molecule has 3 N–H and O–H groups in total. The number of nitrogens with two attached hydrogens (primary N) is 1. The maximum Gasteiger partial charge on any atom is 0.255 e.